The minimum Gasteiger partial charge on any atom is -0.0885 e. The molecule has 0 bridgehead atoms. The zero-order valence-electron chi connectivity index (χ0n) is 10.5. The molecule has 0 saturated carbocycles. The molecular formula is C14H20BrCl. The molecule has 0 aromatic heterocycles. The summed E-state index contributed by atoms with van der Waals surface area (Å²) in [5, 5.41) is 0.874. The Morgan fingerprint density at radius 3 is 2.44 bits per heavy atom. The molecule has 1 atom stereocenters. The first kappa shape index (κ1) is 14.1. The quantitative estimate of drug-likeness (QED) is 0.657. The van der Waals surface area contributed by atoms with Crippen LogP contribution in [0.25, 0.3) is 0 Å². The molecule has 0 N–H and O–H groups in total. The number of rotatable bonds is 3. The maximum Gasteiger partial charge on any atom is 0.0437 e. The van der Waals surface area contributed by atoms with Gasteiger partial charge in [-0.25, -0.2) is 0 Å². The third kappa shape index (κ3) is 4.10. The lowest BCUT2D eigenvalue weighted by Gasteiger charge is -2.25. The van der Waals surface area contributed by atoms with Crippen molar-refractivity contribution < 1.29 is 0 Å². The average molecular weight is 304 g/mol. The van der Waals surface area contributed by atoms with Crippen molar-refractivity contribution in [2.45, 2.75) is 45.4 Å². The molecule has 90 valence electrons. The van der Waals surface area contributed by atoms with Gasteiger partial charge in [-0.05, 0) is 42.4 Å². The summed E-state index contributed by atoms with van der Waals surface area (Å²) in [5.41, 5.74) is 2.79. The van der Waals surface area contributed by atoms with E-state index in [1.807, 2.05) is 6.92 Å². The first-order chi connectivity index (χ1) is 7.30. The maximum absolute atomic E-state index is 6.11. The van der Waals surface area contributed by atoms with E-state index in [9.17, 15) is 0 Å². The highest BCUT2D eigenvalue weighted by Crippen LogP contribution is 2.30. The van der Waals surface area contributed by atoms with E-state index in [4.69, 9.17) is 11.6 Å². The Bertz CT molecular complexity index is 352. The van der Waals surface area contributed by atoms with Crippen LogP contribution in [0.2, 0.25) is 5.02 Å². The standard InChI is InChI=1S/C14H20BrCl/c1-10-5-6-11(9-12(10)16)7-8-13(15)14(2,3)4/h5-6,9,13H,7-8H2,1-4H3. The van der Waals surface area contributed by atoms with Crippen LogP contribution in [-0.4, -0.2) is 4.83 Å². The molecule has 1 rings (SSSR count). The minimum absolute atomic E-state index is 0.314. The molecule has 0 amide bonds. The molecule has 1 aromatic carbocycles. The second kappa shape index (κ2) is 5.55. The van der Waals surface area contributed by atoms with Crippen molar-refractivity contribution in [2.75, 3.05) is 0 Å². The van der Waals surface area contributed by atoms with Crippen molar-refractivity contribution in [3.63, 3.8) is 0 Å². The molecule has 0 fully saturated rings. The highest BCUT2D eigenvalue weighted by atomic mass is 79.9. The van der Waals surface area contributed by atoms with Gasteiger partial charge in [0.25, 0.3) is 0 Å². The first-order valence-corrected chi connectivity index (χ1v) is 6.99. The average Bonchev–Trinajstić information content (AvgIpc) is 2.18. The third-order valence-corrected chi connectivity index (χ3v) is 5.10. The smallest absolute Gasteiger partial charge is 0.0437 e. The van der Waals surface area contributed by atoms with Gasteiger partial charge in [-0.3, -0.25) is 0 Å². The topological polar surface area (TPSA) is 0 Å². The largest absolute Gasteiger partial charge is 0.0885 e. The summed E-state index contributed by atoms with van der Waals surface area (Å²) < 4.78 is 0. The molecule has 0 saturated heterocycles. The van der Waals surface area contributed by atoms with Gasteiger partial charge in [0.1, 0.15) is 0 Å². The molecule has 0 aliphatic rings. The van der Waals surface area contributed by atoms with Crippen molar-refractivity contribution in [1.82, 2.24) is 0 Å². The second-order valence-electron chi connectivity index (χ2n) is 5.46. The fourth-order valence-corrected chi connectivity index (χ4v) is 1.95. The summed E-state index contributed by atoms with van der Waals surface area (Å²) in [6.07, 6.45) is 2.22. The molecule has 0 heterocycles. The van der Waals surface area contributed by atoms with Crippen LogP contribution in [0.5, 0.6) is 0 Å². The second-order valence-corrected chi connectivity index (χ2v) is 6.97. The summed E-state index contributed by atoms with van der Waals surface area (Å²) in [4.78, 5) is 0.542. The summed E-state index contributed by atoms with van der Waals surface area (Å²) >= 11 is 9.86. The van der Waals surface area contributed by atoms with Crippen LogP contribution in [0.1, 0.15) is 38.3 Å². The van der Waals surface area contributed by atoms with Crippen LogP contribution in [0, 0.1) is 12.3 Å². The number of hydrogen-bond donors (Lipinski definition) is 0. The zero-order chi connectivity index (χ0) is 12.3. The fourth-order valence-electron chi connectivity index (χ4n) is 1.52. The molecule has 0 nitrogen and oxygen atoms in total. The van der Waals surface area contributed by atoms with Crippen molar-refractivity contribution in [1.29, 1.82) is 0 Å². The van der Waals surface area contributed by atoms with Gasteiger partial charge in [-0.15, -0.1) is 0 Å². The molecule has 0 aliphatic heterocycles. The molecule has 0 radical (unpaired) electrons. The summed E-state index contributed by atoms with van der Waals surface area (Å²) in [5.74, 6) is 0. The van der Waals surface area contributed by atoms with E-state index in [0.717, 1.165) is 23.4 Å². The predicted molar refractivity (Wildman–Crippen MR) is 76.7 cm³/mol. The Balaban J connectivity index is 2.58. The Morgan fingerprint density at radius 2 is 1.94 bits per heavy atom. The lowest BCUT2D eigenvalue weighted by Crippen LogP contribution is -2.20. The Hall–Kier alpha value is -0.0100. The van der Waals surface area contributed by atoms with Gasteiger partial charge in [0.15, 0.2) is 0 Å². The van der Waals surface area contributed by atoms with Gasteiger partial charge in [-0.1, -0.05) is 60.4 Å². The van der Waals surface area contributed by atoms with Gasteiger partial charge >= 0.3 is 0 Å². The Labute approximate surface area is 113 Å². The van der Waals surface area contributed by atoms with E-state index in [1.54, 1.807) is 0 Å². The van der Waals surface area contributed by atoms with Gasteiger partial charge in [-0.2, -0.15) is 0 Å². The molecular weight excluding hydrogens is 284 g/mol. The SMILES string of the molecule is Cc1ccc(CCC(Br)C(C)(C)C)cc1Cl. The molecule has 16 heavy (non-hydrogen) atoms. The van der Waals surface area contributed by atoms with Crippen LogP contribution in [0.4, 0.5) is 0 Å². The fraction of sp³-hybridized carbons (Fsp3) is 0.571. The lowest BCUT2D eigenvalue weighted by molar-refractivity contribution is 0.386. The van der Waals surface area contributed by atoms with Gasteiger partial charge in [0.05, 0.1) is 0 Å². The summed E-state index contributed by atoms with van der Waals surface area (Å²) in [7, 11) is 0. The number of halogens is 2. The normalized spacial score (nSPS) is 13.9. The number of benzene rings is 1. The van der Waals surface area contributed by atoms with Gasteiger partial charge in [0.2, 0.25) is 0 Å². The van der Waals surface area contributed by atoms with E-state index in [1.165, 1.54) is 5.56 Å². The molecule has 2 heteroatoms. The van der Waals surface area contributed by atoms with Crippen LogP contribution in [0.3, 0.4) is 0 Å². The van der Waals surface area contributed by atoms with Crippen molar-refractivity contribution in [3.05, 3.63) is 34.3 Å². The zero-order valence-corrected chi connectivity index (χ0v) is 12.8. The van der Waals surface area contributed by atoms with Crippen molar-refractivity contribution in [3.8, 4) is 0 Å². The van der Waals surface area contributed by atoms with E-state index < -0.39 is 0 Å². The predicted octanol–water partition coefficient (Wildman–Crippen LogP) is 5.39. The molecule has 1 unspecified atom stereocenters. The Morgan fingerprint density at radius 1 is 1.31 bits per heavy atom. The van der Waals surface area contributed by atoms with E-state index in [2.05, 4.69) is 54.9 Å². The van der Waals surface area contributed by atoms with E-state index in [-0.39, 0.29) is 0 Å². The summed E-state index contributed by atoms with van der Waals surface area (Å²) in [6.45, 7) is 8.81. The van der Waals surface area contributed by atoms with Crippen LogP contribution < -0.4 is 0 Å². The molecule has 0 aliphatic carbocycles. The van der Waals surface area contributed by atoms with Crippen molar-refractivity contribution in [2.24, 2.45) is 5.41 Å². The minimum atomic E-state index is 0.314. The number of aryl methyl sites for hydroxylation is 2. The van der Waals surface area contributed by atoms with Crippen LogP contribution >= 0.6 is 27.5 Å². The van der Waals surface area contributed by atoms with Crippen molar-refractivity contribution >= 4 is 27.5 Å². The van der Waals surface area contributed by atoms with Crippen LogP contribution in [0.15, 0.2) is 18.2 Å². The maximum atomic E-state index is 6.11. The highest BCUT2D eigenvalue weighted by molar-refractivity contribution is 9.09. The highest BCUT2D eigenvalue weighted by Gasteiger charge is 2.21. The first-order valence-electron chi connectivity index (χ1n) is 5.70. The molecule has 0 spiro atoms. The summed E-state index contributed by atoms with van der Waals surface area (Å²) in [6, 6.07) is 6.35. The van der Waals surface area contributed by atoms with Gasteiger partial charge < -0.3 is 0 Å². The van der Waals surface area contributed by atoms with E-state index >= 15 is 0 Å². The van der Waals surface area contributed by atoms with Gasteiger partial charge in [0, 0.05) is 9.85 Å². The van der Waals surface area contributed by atoms with Crippen LogP contribution in [-0.2, 0) is 6.42 Å². The number of hydrogen-bond acceptors (Lipinski definition) is 0. The molecule has 1 aromatic rings. The van der Waals surface area contributed by atoms with E-state index in [0.29, 0.717) is 10.2 Å². The monoisotopic (exact) mass is 302 g/mol. The number of alkyl halides is 1. The third-order valence-electron chi connectivity index (χ3n) is 2.86. The lowest BCUT2D eigenvalue weighted by atomic mass is 9.89. The Kier molecular flexibility index (Phi) is 4.88.